The number of anilines is 1. The predicted molar refractivity (Wildman–Crippen MR) is 79.2 cm³/mol. The Kier molecular flexibility index (Phi) is 2.72. The van der Waals surface area contributed by atoms with Gasteiger partial charge in [0.2, 0.25) is 0 Å². The van der Waals surface area contributed by atoms with Gasteiger partial charge in [0.25, 0.3) is 0 Å². The van der Waals surface area contributed by atoms with Gasteiger partial charge >= 0.3 is 0 Å². The van der Waals surface area contributed by atoms with Gasteiger partial charge in [0, 0.05) is 15.4 Å². The van der Waals surface area contributed by atoms with Crippen LogP contribution in [0.1, 0.15) is 0 Å². The maximum atomic E-state index is 5.93. The van der Waals surface area contributed by atoms with Gasteiger partial charge in [0.05, 0.1) is 15.0 Å². The molecule has 0 spiro atoms. The van der Waals surface area contributed by atoms with E-state index in [0.717, 1.165) is 30.7 Å². The second-order valence-electron chi connectivity index (χ2n) is 3.62. The molecule has 0 amide bonds. The lowest BCUT2D eigenvalue weighted by atomic mass is 10.3. The van der Waals surface area contributed by atoms with E-state index in [1.807, 2.05) is 23.6 Å². The summed E-state index contributed by atoms with van der Waals surface area (Å²) in [7, 11) is 0. The van der Waals surface area contributed by atoms with E-state index in [1.165, 1.54) is 0 Å². The van der Waals surface area contributed by atoms with Gasteiger partial charge in [0.1, 0.15) is 11.3 Å². The molecule has 0 aliphatic heterocycles. The molecule has 0 atom stereocenters. The molecule has 0 aliphatic carbocycles. The van der Waals surface area contributed by atoms with E-state index in [9.17, 15) is 0 Å². The molecule has 0 aliphatic rings. The molecular formula is C11H7Br2N3S. The van der Waals surface area contributed by atoms with Crippen LogP contribution < -0.4 is 5.73 Å². The third kappa shape index (κ3) is 2.00. The molecule has 3 aromatic rings. The van der Waals surface area contributed by atoms with E-state index in [1.54, 1.807) is 11.3 Å². The number of nitrogens with two attached hydrogens (primary N) is 1. The highest BCUT2D eigenvalue weighted by atomic mass is 79.9. The third-order valence-electron chi connectivity index (χ3n) is 2.42. The van der Waals surface area contributed by atoms with Crippen LogP contribution in [0.25, 0.3) is 22.4 Å². The number of hydrogen-bond acceptors (Lipinski definition) is 3. The van der Waals surface area contributed by atoms with Gasteiger partial charge in [-0.05, 0) is 34.1 Å². The first-order valence-electron chi connectivity index (χ1n) is 4.82. The zero-order valence-electron chi connectivity index (χ0n) is 8.50. The average Bonchev–Trinajstić information content (AvgIpc) is 2.83. The Bertz CT molecular complexity index is 702. The molecule has 3 N–H and O–H groups in total. The normalized spacial score (nSPS) is 11.2. The fourth-order valence-electron chi connectivity index (χ4n) is 1.68. The van der Waals surface area contributed by atoms with E-state index in [0.29, 0.717) is 5.69 Å². The molecule has 17 heavy (non-hydrogen) atoms. The summed E-state index contributed by atoms with van der Waals surface area (Å²) in [4.78, 5) is 7.79. The van der Waals surface area contributed by atoms with Crippen molar-refractivity contribution in [2.75, 3.05) is 5.73 Å². The summed E-state index contributed by atoms with van der Waals surface area (Å²) >= 11 is 8.50. The quantitative estimate of drug-likeness (QED) is 0.622. The first kappa shape index (κ1) is 11.3. The maximum absolute atomic E-state index is 5.93. The second-order valence-corrected chi connectivity index (χ2v) is 6.82. The summed E-state index contributed by atoms with van der Waals surface area (Å²) in [5.74, 6) is 0.840. The lowest BCUT2D eigenvalue weighted by Gasteiger charge is -1.94. The minimum atomic E-state index is 0.672. The number of thiophene rings is 1. The molecule has 0 saturated carbocycles. The summed E-state index contributed by atoms with van der Waals surface area (Å²) in [5.41, 5.74) is 9.42. The number of nitrogens with one attached hydrogen (secondary N) is 1. The molecule has 6 heteroatoms. The molecule has 3 nitrogen and oxygen atoms in total. The Hall–Kier alpha value is -0.850. The summed E-state index contributed by atoms with van der Waals surface area (Å²) in [6.07, 6.45) is 0. The van der Waals surface area contributed by atoms with Crippen molar-refractivity contribution in [1.29, 1.82) is 0 Å². The van der Waals surface area contributed by atoms with E-state index < -0.39 is 0 Å². The van der Waals surface area contributed by atoms with Crippen molar-refractivity contribution in [2.45, 2.75) is 0 Å². The Morgan fingerprint density at radius 3 is 2.76 bits per heavy atom. The van der Waals surface area contributed by atoms with Gasteiger partial charge in [-0.1, -0.05) is 15.9 Å². The molecule has 0 saturated heterocycles. The first-order chi connectivity index (χ1) is 8.13. The number of H-pyrrole nitrogens is 1. The van der Waals surface area contributed by atoms with Crippen molar-refractivity contribution >= 4 is 59.9 Å². The predicted octanol–water partition coefficient (Wildman–Crippen LogP) is 4.40. The van der Waals surface area contributed by atoms with E-state index in [4.69, 9.17) is 5.73 Å². The van der Waals surface area contributed by atoms with Crippen LogP contribution in [0.15, 0.2) is 31.8 Å². The number of aromatic amines is 1. The Morgan fingerprint density at radius 1 is 1.24 bits per heavy atom. The van der Waals surface area contributed by atoms with Crippen LogP contribution in [-0.4, -0.2) is 9.97 Å². The van der Waals surface area contributed by atoms with E-state index in [-0.39, 0.29) is 0 Å². The zero-order chi connectivity index (χ0) is 12.0. The first-order valence-corrected chi connectivity index (χ1v) is 7.29. The van der Waals surface area contributed by atoms with Gasteiger partial charge in [-0.2, -0.15) is 0 Å². The minimum absolute atomic E-state index is 0.672. The van der Waals surface area contributed by atoms with Gasteiger partial charge in [-0.15, -0.1) is 11.3 Å². The highest BCUT2D eigenvalue weighted by molar-refractivity contribution is 9.11. The molecule has 0 radical (unpaired) electrons. The molecule has 3 rings (SSSR count). The fourth-order valence-corrected chi connectivity index (χ4v) is 3.30. The Labute approximate surface area is 118 Å². The van der Waals surface area contributed by atoms with Gasteiger partial charge < -0.3 is 10.7 Å². The number of benzene rings is 1. The van der Waals surface area contributed by atoms with Gasteiger partial charge in [-0.25, -0.2) is 4.98 Å². The standard InChI is InChI=1S/C11H7Br2N3S/c12-6-2-7(14)10-8(3-6)15-11(16-10)5-1-9(13)17-4-5/h1-4H,14H2,(H,15,16). The second kappa shape index (κ2) is 4.12. The zero-order valence-corrected chi connectivity index (χ0v) is 12.5. The number of fused-ring (bicyclic) bond motifs is 1. The van der Waals surface area contributed by atoms with Crippen molar-refractivity contribution in [3.63, 3.8) is 0 Å². The van der Waals surface area contributed by atoms with Crippen LogP contribution >= 0.6 is 43.2 Å². The Balaban J connectivity index is 2.23. The fraction of sp³-hybridized carbons (Fsp3) is 0. The van der Waals surface area contributed by atoms with E-state index >= 15 is 0 Å². The lowest BCUT2D eigenvalue weighted by molar-refractivity contribution is 1.35. The third-order valence-corrected chi connectivity index (χ3v) is 4.38. The summed E-state index contributed by atoms with van der Waals surface area (Å²) in [6.45, 7) is 0. The maximum Gasteiger partial charge on any atom is 0.139 e. The number of nitrogen functional groups attached to an aromatic ring is 1. The highest BCUT2D eigenvalue weighted by Crippen LogP contribution is 2.31. The molecule has 2 aromatic heterocycles. The largest absolute Gasteiger partial charge is 0.397 e. The number of aromatic nitrogens is 2. The van der Waals surface area contributed by atoms with Crippen molar-refractivity contribution in [3.8, 4) is 11.4 Å². The number of rotatable bonds is 1. The number of halogens is 2. The van der Waals surface area contributed by atoms with Crippen molar-refractivity contribution < 1.29 is 0 Å². The minimum Gasteiger partial charge on any atom is -0.397 e. The summed E-state index contributed by atoms with van der Waals surface area (Å²) in [5, 5.41) is 2.05. The number of nitrogens with zero attached hydrogens (tertiary/aromatic N) is 1. The monoisotopic (exact) mass is 371 g/mol. The highest BCUT2D eigenvalue weighted by Gasteiger charge is 2.09. The lowest BCUT2D eigenvalue weighted by Crippen LogP contribution is -1.86. The molecule has 0 bridgehead atoms. The summed E-state index contributed by atoms with van der Waals surface area (Å²) in [6, 6.07) is 5.87. The van der Waals surface area contributed by atoms with Crippen molar-refractivity contribution in [1.82, 2.24) is 9.97 Å². The van der Waals surface area contributed by atoms with Crippen LogP contribution in [0.3, 0.4) is 0 Å². The van der Waals surface area contributed by atoms with Crippen LogP contribution in [0.2, 0.25) is 0 Å². The van der Waals surface area contributed by atoms with Crippen LogP contribution in [0, 0.1) is 0 Å². The number of hydrogen-bond donors (Lipinski definition) is 2. The SMILES string of the molecule is Nc1cc(Br)cc2[nH]c(-c3csc(Br)c3)nc12. The number of imidazole rings is 1. The molecule has 1 aromatic carbocycles. The topological polar surface area (TPSA) is 54.7 Å². The van der Waals surface area contributed by atoms with E-state index in [2.05, 4.69) is 41.8 Å². The molecule has 0 unspecified atom stereocenters. The molecule has 2 heterocycles. The average molecular weight is 373 g/mol. The molecule has 0 fully saturated rings. The van der Waals surface area contributed by atoms with Gasteiger partial charge in [0.15, 0.2) is 0 Å². The van der Waals surface area contributed by atoms with Crippen LogP contribution in [-0.2, 0) is 0 Å². The van der Waals surface area contributed by atoms with Gasteiger partial charge in [-0.3, -0.25) is 0 Å². The Morgan fingerprint density at radius 2 is 2.06 bits per heavy atom. The van der Waals surface area contributed by atoms with Crippen LogP contribution in [0.5, 0.6) is 0 Å². The molecule has 86 valence electrons. The molecular weight excluding hydrogens is 366 g/mol. The summed E-state index contributed by atoms with van der Waals surface area (Å²) < 4.78 is 2.03. The smallest absolute Gasteiger partial charge is 0.139 e. The van der Waals surface area contributed by atoms with Crippen molar-refractivity contribution in [2.24, 2.45) is 0 Å². The van der Waals surface area contributed by atoms with Crippen LogP contribution in [0.4, 0.5) is 5.69 Å². The van der Waals surface area contributed by atoms with Crippen molar-refractivity contribution in [3.05, 3.63) is 31.8 Å².